The zero-order valence-corrected chi connectivity index (χ0v) is 44.4. The number of ether oxygens (including phenoxy) is 2. The molecule has 64 heavy (non-hydrogen) atoms. The molecule has 0 aromatic rings. The number of phosphoric acid groups is 1. The van der Waals surface area contributed by atoms with Crippen molar-refractivity contribution >= 4 is 13.8 Å². The summed E-state index contributed by atoms with van der Waals surface area (Å²) in [5.74, 6) is -0.306. The number of quaternary nitrogens is 1. The molecule has 0 amide bonds. The Labute approximate surface area is 399 Å². The lowest BCUT2D eigenvalue weighted by Crippen LogP contribution is -2.37. The lowest BCUT2D eigenvalue weighted by atomic mass is 10.0. The molecular weight excluding hydrogens is 818 g/mol. The summed E-state index contributed by atoms with van der Waals surface area (Å²) in [6, 6.07) is 0. The van der Waals surface area contributed by atoms with Gasteiger partial charge in [0.15, 0.2) is 0 Å². The Balaban J connectivity index is 4.00. The summed E-state index contributed by atoms with van der Waals surface area (Å²) in [5, 5.41) is 0. The molecule has 1 N–H and O–H groups in total. The van der Waals surface area contributed by atoms with Gasteiger partial charge < -0.3 is 18.9 Å². The molecule has 8 nitrogen and oxygen atoms in total. The Hall–Kier alpha value is -0.760. The summed E-state index contributed by atoms with van der Waals surface area (Å²) in [5.41, 5.74) is 0. The van der Waals surface area contributed by atoms with Crippen molar-refractivity contribution in [2.45, 2.75) is 283 Å². The van der Waals surface area contributed by atoms with Gasteiger partial charge >= 0.3 is 13.8 Å². The van der Waals surface area contributed by atoms with Gasteiger partial charge in [-0.15, -0.1) is 0 Å². The number of likely N-dealkylation sites (N-methyl/N-ethyl adjacent to an activating group) is 1. The minimum absolute atomic E-state index is 0.0928. The molecule has 2 unspecified atom stereocenters. The van der Waals surface area contributed by atoms with Gasteiger partial charge in [-0.3, -0.25) is 13.8 Å². The van der Waals surface area contributed by atoms with Crippen LogP contribution in [-0.2, 0) is 27.9 Å². The second kappa shape index (κ2) is 48.7. The SMILES string of the molecule is CCCCCCCCCC/C=C\CCCCCCCCCCCCCCCCOCC(COP(=O)(O)OCC[N+](C)(C)C)OC(=O)CCCCCCCCCCCCCCCCCC. The first-order chi connectivity index (χ1) is 31.1. The van der Waals surface area contributed by atoms with E-state index in [0.717, 1.165) is 32.1 Å². The summed E-state index contributed by atoms with van der Waals surface area (Å²) in [6.45, 7) is 5.69. The quantitative estimate of drug-likeness (QED) is 0.0214. The Morgan fingerprint density at radius 2 is 0.812 bits per heavy atom. The van der Waals surface area contributed by atoms with E-state index in [-0.39, 0.29) is 25.8 Å². The summed E-state index contributed by atoms with van der Waals surface area (Å²) < 4.78 is 35.2. The van der Waals surface area contributed by atoms with Crippen molar-refractivity contribution in [1.82, 2.24) is 0 Å². The smallest absolute Gasteiger partial charge is 0.457 e. The van der Waals surface area contributed by atoms with Crippen LogP contribution in [0.15, 0.2) is 12.2 Å². The number of nitrogens with zero attached hydrogens (tertiary/aromatic N) is 1. The largest absolute Gasteiger partial charge is 0.472 e. The Morgan fingerprint density at radius 3 is 1.19 bits per heavy atom. The van der Waals surface area contributed by atoms with Crippen LogP contribution in [0.2, 0.25) is 0 Å². The number of hydrogen-bond donors (Lipinski definition) is 1. The maximum atomic E-state index is 12.8. The van der Waals surface area contributed by atoms with Crippen LogP contribution >= 0.6 is 7.82 Å². The highest BCUT2D eigenvalue weighted by Gasteiger charge is 2.26. The van der Waals surface area contributed by atoms with Crippen molar-refractivity contribution < 1.29 is 37.3 Å². The van der Waals surface area contributed by atoms with Gasteiger partial charge in [0.2, 0.25) is 0 Å². The highest BCUT2D eigenvalue weighted by molar-refractivity contribution is 7.47. The third-order valence-electron chi connectivity index (χ3n) is 12.6. The van der Waals surface area contributed by atoms with E-state index in [2.05, 4.69) is 26.0 Å². The van der Waals surface area contributed by atoms with Crippen LogP contribution < -0.4 is 0 Å². The van der Waals surface area contributed by atoms with E-state index in [4.69, 9.17) is 18.5 Å². The van der Waals surface area contributed by atoms with Crippen molar-refractivity contribution in [3.05, 3.63) is 12.2 Å². The first-order valence-corrected chi connectivity index (χ1v) is 29.4. The molecule has 0 radical (unpaired) electrons. The van der Waals surface area contributed by atoms with Crippen LogP contribution in [0.25, 0.3) is 0 Å². The molecule has 0 aliphatic heterocycles. The van der Waals surface area contributed by atoms with Gasteiger partial charge in [0, 0.05) is 13.0 Å². The number of rotatable bonds is 53. The fourth-order valence-electron chi connectivity index (χ4n) is 8.26. The summed E-state index contributed by atoms with van der Waals surface area (Å²) >= 11 is 0. The van der Waals surface area contributed by atoms with Crippen LogP contribution in [0.3, 0.4) is 0 Å². The monoisotopic (exact) mass is 929 g/mol. The van der Waals surface area contributed by atoms with Crippen LogP contribution in [0.5, 0.6) is 0 Å². The van der Waals surface area contributed by atoms with Gasteiger partial charge in [-0.2, -0.15) is 0 Å². The van der Waals surface area contributed by atoms with Crippen molar-refractivity contribution in [2.24, 2.45) is 0 Å². The van der Waals surface area contributed by atoms with E-state index >= 15 is 0 Å². The molecule has 0 fully saturated rings. The average molecular weight is 929 g/mol. The van der Waals surface area contributed by atoms with Gasteiger partial charge in [-0.05, 0) is 38.5 Å². The number of hydrogen-bond acceptors (Lipinski definition) is 6. The highest BCUT2D eigenvalue weighted by atomic mass is 31.2. The van der Waals surface area contributed by atoms with E-state index in [1.54, 1.807) is 0 Å². The molecule has 0 saturated heterocycles. The van der Waals surface area contributed by atoms with Crippen molar-refractivity contribution in [1.29, 1.82) is 0 Å². The topological polar surface area (TPSA) is 91.3 Å². The van der Waals surface area contributed by atoms with Crippen LogP contribution in [0.4, 0.5) is 0 Å². The molecule has 2 atom stereocenters. The molecule has 0 rings (SSSR count). The zero-order chi connectivity index (χ0) is 46.9. The lowest BCUT2D eigenvalue weighted by molar-refractivity contribution is -0.870. The van der Waals surface area contributed by atoms with E-state index in [0.29, 0.717) is 24.1 Å². The normalized spacial score (nSPS) is 13.5. The van der Waals surface area contributed by atoms with Crippen molar-refractivity contribution in [3.8, 4) is 0 Å². The van der Waals surface area contributed by atoms with Gasteiger partial charge in [0.05, 0.1) is 34.4 Å². The summed E-state index contributed by atoms with van der Waals surface area (Å²) in [7, 11) is 1.69. The molecule has 0 spiro atoms. The van der Waals surface area contributed by atoms with Gasteiger partial charge in [0.1, 0.15) is 19.3 Å². The number of phosphoric ester groups is 1. The molecule has 9 heteroatoms. The summed E-state index contributed by atoms with van der Waals surface area (Å²) in [4.78, 5) is 23.0. The van der Waals surface area contributed by atoms with Crippen LogP contribution in [0.1, 0.15) is 277 Å². The number of allylic oxidation sites excluding steroid dienone is 2. The minimum atomic E-state index is -4.28. The maximum Gasteiger partial charge on any atom is 0.472 e. The third kappa shape index (κ3) is 52.2. The van der Waals surface area contributed by atoms with Gasteiger partial charge in [-0.1, -0.05) is 244 Å². The van der Waals surface area contributed by atoms with E-state index < -0.39 is 13.9 Å². The fourth-order valence-corrected chi connectivity index (χ4v) is 9.00. The molecule has 0 aromatic heterocycles. The molecule has 0 aromatic carbocycles. The molecular formula is C55H111NO7P+. The molecule has 0 aliphatic rings. The molecule has 382 valence electrons. The summed E-state index contributed by atoms with van der Waals surface area (Å²) in [6.07, 6.45) is 57.0. The molecule has 0 heterocycles. The number of carbonyl (C=O) groups excluding carboxylic acids is 1. The van der Waals surface area contributed by atoms with E-state index in [1.807, 2.05) is 21.1 Å². The molecule has 0 bridgehead atoms. The number of carbonyl (C=O) groups is 1. The van der Waals surface area contributed by atoms with E-state index in [9.17, 15) is 14.3 Å². The average Bonchev–Trinajstić information content (AvgIpc) is 3.25. The second-order valence-electron chi connectivity index (χ2n) is 20.3. The minimum Gasteiger partial charge on any atom is -0.457 e. The zero-order valence-electron chi connectivity index (χ0n) is 43.6. The predicted octanol–water partition coefficient (Wildman–Crippen LogP) is 17.3. The predicted molar refractivity (Wildman–Crippen MR) is 275 cm³/mol. The standard InChI is InChI=1S/C55H110NO7P/c1-6-8-10-12-14-16-18-20-22-24-25-26-27-28-29-30-31-32-33-35-37-39-41-43-45-47-50-60-52-54(53-62-64(58,59)61-51-49-56(3,4)5)63-55(57)48-46-44-42-40-38-36-34-23-21-19-17-15-13-11-9-7-2/h24-25,54H,6-23,26-53H2,1-5H3/p+1/b25-24-. The maximum absolute atomic E-state index is 12.8. The Kier molecular flexibility index (Phi) is 48.1. The third-order valence-corrected chi connectivity index (χ3v) is 13.6. The molecule has 0 aliphatic carbocycles. The number of unbranched alkanes of at least 4 members (excludes halogenated alkanes) is 37. The first-order valence-electron chi connectivity index (χ1n) is 27.9. The van der Waals surface area contributed by atoms with Crippen molar-refractivity contribution in [3.63, 3.8) is 0 Å². The Bertz CT molecular complexity index is 1030. The fraction of sp³-hybridized carbons (Fsp3) is 0.945. The van der Waals surface area contributed by atoms with Crippen LogP contribution in [0, 0.1) is 0 Å². The Morgan fingerprint density at radius 1 is 0.469 bits per heavy atom. The molecule has 0 saturated carbocycles. The highest BCUT2D eigenvalue weighted by Crippen LogP contribution is 2.43. The van der Waals surface area contributed by atoms with Gasteiger partial charge in [-0.25, -0.2) is 4.57 Å². The van der Waals surface area contributed by atoms with Gasteiger partial charge in [0.25, 0.3) is 0 Å². The van der Waals surface area contributed by atoms with Crippen LogP contribution in [-0.4, -0.2) is 75.6 Å². The first kappa shape index (κ1) is 63.2. The van der Waals surface area contributed by atoms with Crippen molar-refractivity contribution in [2.75, 3.05) is 54.1 Å². The second-order valence-corrected chi connectivity index (χ2v) is 21.8. The number of esters is 1. The lowest BCUT2D eigenvalue weighted by Gasteiger charge is -2.24. The van der Waals surface area contributed by atoms with E-state index in [1.165, 1.54) is 225 Å².